The van der Waals surface area contributed by atoms with Gasteiger partial charge in [0, 0.05) is 23.7 Å². The molecule has 2 unspecified atom stereocenters. The predicted octanol–water partition coefficient (Wildman–Crippen LogP) is 2.28. The third kappa shape index (κ3) is 4.15. The van der Waals surface area contributed by atoms with Gasteiger partial charge in [0.2, 0.25) is 0 Å². The first-order chi connectivity index (χ1) is 6.72. The summed E-state index contributed by atoms with van der Waals surface area (Å²) >= 11 is 1.80. The minimum Gasteiger partial charge on any atom is -0.340 e. The highest BCUT2D eigenvalue weighted by molar-refractivity contribution is 7.99. The van der Waals surface area contributed by atoms with Gasteiger partial charge in [-0.2, -0.15) is 0 Å². The lowest BCUT2D eigenvalue weighted by Crippen LogP contribution is -2.28. The molecular weight excluding hydrogens is 194 g/mol. The van der Waals surface area contributed by atoms with E-state index in [9.17, 15) is 0 Å². The molecule has 0 aliphatic carbocycles. The Balaban J connectivity index is 2.25. The minimum atomic E-state index is 0.581. The molecule has 1 aromatic rings. The zero-order valence-electron chi connectivity index (χ0n) is 9.08. The van der Waals surface area contributed by atoms with Crippen molar-refractivity contribution in [3.05, 3.63) is 12.4 Å². The van der Waals surface area contributed by atoms with Crippen LogP contribution in [0.3, 0.4) is 0 Å². The number of thioether (sulfide) groups is 1. The number of hydrogen-bond donors (Lipinski definition) is 2. The van der Waals surface area contributed by atoms with E-state index in [4.69, 9.17) is 0 Å². The molecule has 80 valence electrons. The van der Waals surface area contributed by atoms with Crippen molar-refractivity contribution < 1.29 is 0 Å². The van der Waals surface area contributed by atoms with Crippen LogP contribution in [-0.4, -0.2) is 27.8 Å². The average molecular weight is 213 g/mol. The topological polar surface area (TPSA) is 40.7 Å². The third-order valence-electron chi connectivity index (χ3n) is 2.02. The molecule has 1 heterocycles. The maximum atomic E-state index is 4.20. The van der Waals surface area contributed by atoms with Gasteiger partial charge >= 0.3 is 0 Å². The van der Waals surface area contributed by atoms with E-state index in [0.29, 0.717) is 11.3 Å². The quantitative estimate of drug-likeness (QED) is 0.712. The van der Waals surface area contributed by atoms with Crippen molar-refractivity contribution in [3.8, 4) is 0 Å². The molecule has 0 saturated carbocycles. The molecule has 0 aromatic carbocycles. The van der Waals surface area contributed by atoms with Crippen LogP contribution in [-0.2, 0) is 0 Å². The average Bonchev–Trinajstić information content (AvgIpc) is 2.56. The highest BCUT2D eigenvalue weighted by Crippen LogP contribution is 2.22. The lowest BCUT2D eigenvalue weighted by Gasteiger charge is -2.16. The number of nitrogens with zero attached hydrogens (tertiary/aromatic N) is 1. The molecule has 0 radical (unpaired) electrons. The smallest absolute Gasteiger partial charge is 0.165 e. The standard InChI is InChI=1S/C10H19N3S/c1-4-11-8(2)7-9(3)14-10-12-5-6-13-10/h5-6,8-9,11H,4,7H2,1-3H3,(H,12,13). The molecule has 0 aliphatic rings. The molecule has 0 amide bonds. The predicted molar refractivity (Wildman–Crippen MR) is 61.7 cm³/mol. The maximum absolute atomic E-state index is 4.20. The fraction of sp³-hybridized carbons (Fsp3) is 0.700. The number of aromatic amines is 1. The van der Waals surface area contributed by atoms with Crippen molar-refractivity contribution in [1.29, 1.82) is 0 Å². The zero-order valence-corrected chi connectivity index (χ0v) is 9.90. The molecule has 14 heavy (non-hydrogen) atoms. The number of hydrogen-bond acceptors (Lipinski definition) is 3. The molecule has 1 aromatic heterocycles. The van der Waals surface area contributed by atoms with Crippen LogP contribution < -0.4 is 5.32 Å². The zero-order chi connectivity index (χ0) is 10.4. The fourth-order valence-corrected chi connectivity index (χ4v) is 2.51. The van der Waals surface area contributed by atoms with Crippen LogP contribution in [0.25, 0.3) is 0 Å². The number of nitrogens with one attached hydrogen (secondary N) is 2. The van der Waals surface area contributed by atoms with Crippen molar-refractivity contribution in [2.75, 3.05) is 6.54 Å². The lowest BCUT2D eigenvalue weighted by atomic mass is 10.2. The van der Waals surface area contributed by atoms with E-state index in [-0.39, 0.29) is 0 Å². The molecule has 3 nitrogen and oxygen atoms in total. The van der Waals surface area contributed by atoms with Crippen LogP contribution in [0.5, 0.6) is 0 Å². The summed E-state index contributed by atoms with van der Waals surface area (Å²) in [6, 6.07) is 0.581. The van der Waals surface area contributed by atoms with Gasteiger partial charge in [-0.1, -0.05) is 25.6 Å². The highest BCUT2D eigenvalue weighted by atomic mass is 32.2. The minimum absolute atomic E-state index is 0.581. The second-order valence-electron chi connectivity index (χ2n) is 3.52. The number of rotatable bonds is 6. The monoisotopic (exact) mass is 213 g/mol. The molecule has 0 aliphatic heterocycles. The summed E-state index contributed by atoms with van der Waals surface area (Å²) in [5, 5.41) is 5.02. The van der Waals surface area contributed by atoms with Gasteiger partial charge in [-0.15, -0.1) is 0 Å². The van der Waals surface area contributed by atoms with Gasteiger partial charge in [-0.3, -0.25) is 0 Å². The van der Waals surface area contributed by atoms with Gasteiger partial charge in [-0.25, -0.2) is 4.98 Å². The Morgan fingerprint density at radius 2 is 2.36 bits per heavy atom. The third-order valence-corrected chi connectivity index (χ3v) is 3.07. The van der Waals surface area contributed by atoms with Crippen LogP contribution in [0.2, 0.25) is 0 Å². The van der Waals surface area contributed by atoms with E-state index < -0.39 is 0 Å². The van der Waals surface area contributed by atoms with E-state index in [1.807, 2.05) is 6.20 Å². The van der Waals surface area contributed by atoms with Crippen LogP contribution in [0.4, 0.5) is 0 Å². The lowest BCUT2D eigenvalue weighted by molar-refractivity contribution is 0.529. The van der Waals surface area contributed by atoms with Crippen LogP contribution in [0, 0.1) is 0 Å². The Morgan fingerprint density at radius 3 is 2.93 bits per heavy atom. The molecule has 0 bridgehead atoms. The first-order valence-electron chi connectivity index (χ1n) is 5.11. The van der Waals surface area contributed by atoms with E-state index in [2.05, 4.69) is 36.1 Å². The maximum Gasteiger partial charge on any atom is 0.165 e. The second-order valence-corrected chi connectivity index (χ2v) is 4.94. The van der Waals surface area contributed by atoms with Crippen molar-refractivity contribution in [2.24, 2.45) is 0 Å². The van der Waals surface area contributed by atoms with Crippen LogP contribution in [0.15, 0.2) is 17.6 Å². The molecule has 0 saturated heterocycles. The Hall–Kier alpha value is -0.480. The molecule has 2 atom stereocenters. The van der Waals surface area contributed by atoms with Gasteiger partial charge in [0.1, 0.15) is 0 Å². The van der Waals surface area contributed by atoms with Gasteiger partial charge in [0.05, 0.1) is 0 Å². The Bertz CT molecular complexity index is 236. The highest BCUT2D eigenvalue weighted by Gasteiger charge is 2.09. The molecule has 1 rings (SSSR count). The van der Waals surface area contributed by atoms with Crippen LogP contribution in [0.1, 0.15) is 27.2 Å². The largest absolute Gasteiger partial charge is 0.340 e. The van der Waals surface area contributed by atoms with Gasteiger partial charge in [0.25, 0.3) is 0 Å². The summed E-state index contributed by atoms with van der Waals surface area (Å²) in [7, 11) is 0. The normalized spacial score (nSPS) is 15.4. The van der Waals surface area contributed by atoms with Gasteiger partial charge < -0.3 is 10.3 Å². The van der Waals surface area contributed by atoms with Crippen molar-refractivity contribution >= 4 is 11.8 Å². The van der Waals surface area contributed by atoms with E-state index in [0.717, 1.165) is 11.7 Å². The van der Waals surface area contributed by atoms with E-state index in [1.54, 1.807) is 18.0 Å². The SMILES string of the molecule is CCNC(C)CC(C)Sc1ncc[nH]1. The molecule has 4 heteroatoms. The first-order valence-corrected chi connectivity index (χ1v) is 5.99. The van der Waals surface area contributed by atoms with Crippen molar-refractivity contribution in [1.82, 2.24) is 15.3 Å². The number of aromatic nitrogens is 2. The molecule has 0 spiro atoms. The van der Waals surface area contributed by atoms with E-state index >= 15 is 0 Å². The second kappa shape index (κ2) is 6.09. The van der Waals surface area contributed by atoms with Crippen molar-refractivity contribution in [2.45, 2.75) is 43.6 Å². The summed E-state index contributed by atoms with van der Waals surface area (Å²) in [6.45, 7) is 7.64. The Kier molecular flexibility index (Phi) is 5.04. The fourth-order valence-electron chi connectivity index (χ4n) is 1.48. The summed E-state index contributed by atoms with van der Waals surface area (Å²) in [4.78, 5) is 7.30. The number of imidazole rings is 1. The molecule has 2 N–H and O–H groups in total. The first kappa shape index (κ1) is 11.6. The molecular formula is C10H19N3S. The Labute approximate surface area is 90.1 Å². The van der Waals surface area contributed by atoms with Crippen molar-refractivity contribution in [3.63, 3.8) is 0 Å². The van der Waals surface area contributed by atoms with E-state index in [1.165, 1.54) is 6.42 Å². The van der Waals surface area contributed by atoms with Crippen LogP contribution >= 0.6 is 11.8 Å². The summed E-state index contributed by atoms with van der Waals surface area (Å²) in [5.74, 6) is 0. The number of H-pyrrole nitrogens is 1. The summed E-state index contributed by atoms with van der Waals surface area (Å²) in [6.07, 6.45) is 4.82. The summed E-state index contributed by atoms with van der Waals surface area (Å²) in [5.41, 5.74) is 0. The van der Waals surface area contributed by atoms with Gasteiger partial charge in [0.15, 0.2) is 5.16 Å². The van der Waals surface area contributed by atoms with Gasteiger partial charge in [-0.05, 0) is 19.9 Å². The Morgan fingerprint density at radius 1 is 1.57 bits per heavy atom. The summed E-state index contributed by atoms with van der Waals surface area (Å²) < 4.78 is 0. The molecule has 0 fully saturated rings.